The molecule has 0 saturated heterocycles. The highest BCUT2D eigenvalue weighted by Gasteiger charge is 2.13. The SMILES string of the molecule is O=C(Nc1cc([N+](=O)[O-])ccc1[O-])c1cccc(NC(=O)c2ccco2)c1. The Labute approximate surface area is 152 Å². The van der Waals surface area contributed by atoms with Gasteiger partial charge >= 0.3 is 0 Å². The first kappa shape index (κ1) is 17.7. The third-order valence-corrected chi connectivity index (χ3v) is 3.55. The summed E-state index contributed by atoms with van der Waals surface area (Å²) >= 11 is 0. The lowest BCUT2D eigenvalue weighted by Crippen LogP contribution is -2.15. The van der Waals surface area contributed by atoms with E-state index in [1.54, 1.807) is 12.1 Å². The number of hydrogen-bond acceptors (Lipinski definition) is 6. The number of nitrogens with one attached hydrogen (secondary N) is 2. The van der Waals surface area contributed by atoms with Crippen LogP contribution < -0.4 is 15.7 Å². The van der Waals surface area contributed by atoms with Gasteiger partial charge in [0.25, 0.3) is 17.5 Å². The van der Waals surface area contributed by atoms with Gasteiger partial charge in [0.15, 0.2) is 5.76 Å². The van der Waals surface area contributed by atoms with E-state index in [0.29, 0.717) is 5.69 Å². The Balaban J connectivity index is 1.77. The summed E-state index contributed by atoms with van der Waals surface area (Å²) in [4.78, 5) is 34.5. The van der Waals surface area contributed by atoms with Crippen molar-refractivity contribution in [1.82, 2.24) is 0 Å². The number of carbonyl (C=O) groups is 2. The topological polar surface area (TPSA) is 138 Å². The summed E-state index contributed by atoms with van der Waals surface area (Å²) in [6, 6.07) is 12.1. The fourth-order valence-electron chi connectivity index (χ4n) is 2.26. The van der Waals surface area contributed by atoms with Crippen LogP contribution in [0.1, 0.15) is 20.9 Å². The van der Waals surface area contributed by atoms with Crippen molar-refractivity contribution in [2.75, 3.05) is 10.6 Å². The number of nitro groups is 1. The summed E-state index contributed by atoms with van der Waals surface area (Å²) in [5, 5.41) is 27.5. The molecule has 0 saturated carbocycles. The van der Waals surface area contributed by atoms with Gasteiger partial charge in [-0.25, -0.2) is 0 Å². The summed E-state index contributed by atoms with van der Waals surface area (Å²) in [6.45, 7) is 0. The van der Waals surface area contributed by atoms with E-state index in [4.69, 9.17) is 4.42 Å². The van der Waals surface area contributed by atoms with Crippen molar-refractivity contribution < 1.29 is 24.0 Å². The maximum atomic E-state index is 12.4. The molecule has 0 unspecified atom stereocenters. The van der Waals surface area contributed by atoms with Crippen LogP contribution >= 0.6 is 0 Å². The van der Waals surface area contributed by atoms with Crippen molar-refractivity contribution in [1.29, 1.82) is 0 Å². The minimum Gasteiger partial charge on any atom is -0.871 e. The van der Waals surface area contributed by atoms with Crippen molar-refractivity contribution in [3.05, 3.63) is 82.3 Å². The molecule has 0 aliphatic carbocycles. The van der Waals surface area contributed by atoms with Crippen molar-refractivity contribution >= 4 is 28.9 Å². The van der Waals surface area contributed by atoms with E-state index in [1.807, 2.05) is 0 Å². The second kappa shape index (κ2) is 7.40. The summed E-state index contributed by atoms with van der Waals surface area (Å²) < 4.78 is 4.99. The maximum absolute atomic E-state index is 12.4. The zero-order valence-electron chi connectivity index (χ0n) is 13.7. The van der Waals surface area contributed by atoms with Gasteiger partial charge in [0.2, 0.25) is 0 Å². The van der Waals surface area contributed by atoms with Gasteiger partial charge in [0.05, 0.1) is 11.2 Å². The smallest absolute Gasteiger partial charge is 0.291 e. The first-order valence-electron chi connectivity index (χ1n) is 7.66. The van der Waals surface area contributed by atoms with Gasteiger partial charge in [-0.2, -0.15) is 0 Å². The van der Waals surface area contributed by atoms with Gasteiger partial charge in [-0.15, -0.1) is 0 Å². The minimum atomic E-state index is -0.667. The number of non-ortho nitro benzene ring substituents is 1. The molecule has 2 amide bonds. The first-order chi connectivity index (χ1) is 12.9. The average Bonchev–Trinajstić information content (AvgIpc) is 3.18. The Kier molecular flexibility index (Phi) is 4.84. The van der Waals surface area contributed by atoms with Gasteiger partial charge in [-0.1, -0.05) is 17.9 Å². The molecule has 136 valence electrons. The van der Waals surface area contributed by atoms with Crippen LogP contribution in [0, 0.1) is 10.1 Å². The molecule has 27 heavy (non-hydrogen) atoms. The summed E-state index contributed by atoms with van der Waals surface area (Å²) in [6.07, 6.45) is 1.36. The van der Waals surface area contributed by atoms with Crippen LogP contribution in [0.5, 0.6) is 5.75 Å². The number of hydrogen-bond donors (Lipinski definition) is 2. The molecule has 3 rings (SSSR count). The molecule has 0 aliphatic rings. The van der Waals surface area contributed by atoms with Crippen LogP contribution in [0.15, 0.2) is 65.3 Å². The Morgan fingerprint density at radius 1 is 0.963 bits per heavy atom. The third kappa shape index (κ3) is 4.10. The van der Waals surface area contributed by atoms with E-state index in [1.165, 1.54) is 30.5 Å². The molecule has 2 N–H and O–H groups in total. The second-order valence-corrected chi connectivity index (χ2v) is 5.40. The monoisotopic (exact) mass is 366 g/mol. The highest BCUT2D eigenvalue weighted by Crippen LogP contribution is 2.26. The van der Waals surface area contributed by atoms with E-state index in [-0.39, 0.29) is 22.7 Å². The van der Waals surface area contributed by atoms with Crippen LogP contribution in [-0.4, -0.2) is 16.7 Å². The number of furan rings is 1. The first-order valence-corrected chi connectivity index (χ1v) is 7.66. The number of carbonyl (C=O) groups excluding carboxylic acids is 2. The zero-order chi connectivity index (χ0) is 19.4. The molecule has 0 fully saturated rings. The van der Waals surface area contributed by atoms with Crippen LogP contribution in [0.3, 0.4) is 0 Å². The lowest BCUT2D eigenvalue weighted by Gasteiger charge is -2.14. The van der Waals surface area contributed by atoms with Crippen molar-refractivity contribution in [2.24, 2.45) is 0 Å². The van der Waals surface area contributed by atoms with Gasteiger partial charge in [0.1, 0.15) is 0 Å². The lowest BCUT2D eigenvalue weighted by molar-refractivity contribution is -0.385. The molecule has 2 aromatic carbocycles. The van der Waals surface area contributed by atoms with Crippen LogP contribution in [-0.2, 0) is 0 Å². The molecule has 0 bridgehead atoms. The van der Waals surface area contributed by atoms with E-state index in [0.717, 1.165) is 18.2 Å². The highest BCUT2D eigenvalue weighted by molar-refractivity contribution is 6.07. The van der Waals surface area contributed by atoms with E-state index < -0.39 is 22.5 Å². The van der Waals surface area contributed by atoms with Gasteiger partial charge in [0, 0.05) is 29.1 Å². The molecule has 0 atom stereocenters. The quantitative estimate of drug-likeness (QED) is 0.526. The molecule has 0 aliphatic heterocycles. The summed E-state index contributed by atoms with van der Waals surface area (Å²) in [5.41, 5.74) is -0.0350. The summed E-state index contributed by atoms with van der Waals surface area (Å²) in [5.74, 6) is -1.59. The second-order valence-electron chi connectivity index (χ2n) is 5.40. The van der Waals surface area contributed by atoms with E-state index in [9.17, 15) is 24.8 Å². The standard InChI is InChI=1S/C18H13N3O6/c22-15-7-6-13(21(25)26)10-14(15)20-17(23)11-3-1-4-12(9-11)19-18(24)16-5-2-8-27-16/h1-10,22H,(H,19,24)(H,20,23)/p-1. The zero-order valence-corrected chi connectivity index (χ0v) is 13.7. The lowest BCUT2D eigenvalue weighted by atomic mass is 10.1. The molecular weight excluding hydrogens is 354 g/mol. The number of benzene rings is 2. The van der Waals surface area contributed by atoms with Crippen molar-refractivity contribution in [3.8, 4) is 5.75 Å². The summed E-state index contributed by atoms with van der Waals surface area (Å²) in [7, 11) is 0. The fraction of sp³-hybridized carbons (Fsp3) is 0. The highest BCUT2D eigenvalue weighted by atomic mass is 16.6. The molecule has 1 aromatic heterocycles. The molecule has 3 aromatic rings. The van der Waals surface area contributed by atoms with Gasteiger partial charge in [-0.3, -0.25) is 19.7 Å². The Hall–Kier alpha value is -4.14. The molecule has 9 heteroatoms. The van der Waals surface area contributed by atoms with Crippen LogP contribution in [0.2, 0.25) is 0 Å². The van der Waals surface area contributed by atoms with Gasteiger partial charge in [-0.05, 0) is 30.3 Å². The average molecular weight is 366 g/mol. The van der Waals surface area contributed by atoms with Gasteiger partial charge < -0.3 is 20.2 Å². The Morgan fingerprint density at radius 2 is 1.78 bits per heavy atom. The molecule has 1 heterocycles. The fourth-order valence-corrected chi connectivity index (χ4v) is 2.26. The predicted octanol–water partition coefficient (Wildman–Crippen LogP) is 2.77. The number of rotatable bonds is 5. The molecule has 9 nitrogen and oxygen atoms in total. The normalized spacial score (nSPS) is 10.2. The van der Waals surface area contributed by atoms with Crippen molar-refractivity contribution in [2.45, 2.75) is 0 Å². The Morgan fingerprint density at radius 3 is 2.48 bits per heavy atom. The number of amides is 2. The predicted molar refractivity (Wildman–Crippen MR) is 93.6 cm³/mol. The maximum Gasteiger partial charge on any atom is 0.291 e. The van der Waals surface area contributed by atoms with E-state index >= 15 is 0 Å². The molecule has 0 spiro atoms. The third-order valence-electron chi connectivity index (χ3n) is 3.55. The van der Waals surface area contributed by atoms with Crippen LogP contribution in [0.4, 0.5) is 17.1 Å². The molecular formula is C18H12N3O6-. The van der Waals surface area contributed by atoms with Crippen LogP contribution in [0.25, 0.3) is 0 Å². The largest absolute Gasteiger partial charge is 0.871 e. The van der Waals surface area contributed by atoms with Crippen molar-refractivity contribution in [3.63, 3.8) is 0 Å². The number of anilines is 2. The minimum absolute atomic E-state index is 0.109. The Bertz CT molecular complexity index is 1010. The number of nitro benzene ring substituents is 1. The number of nitrogens with zero attached hydrogens (tertiary/aromatic N) is 1. The molecule has 0 radical (unpaired) electrons. The van der Waals surface area contributed by atoms with E-state index in [2.05, 4.69) is 10.6 Å².